The van der Waals surface area contributed by atoms with E-state index in [1.807, 2.05) is 56.3 Å². The van der Waals surface area contributed by atoms with Gasteiger partial charge in [0.1, 0.15) is 0 Å². The fraction of sp³-hybridized carbons (Fsp3) is 0.176. The summed E-state index contributed by atoms with van der Waals surface area (Å²) in [7, 11) is 0. The number of imide groups is 1. The second-order valence-electron chi connectivity index (χ2n) is 4.97. The third-order valence-electron chi connectivity index (χ3n) is 3.30. The molecule has 0 fully saturated rings. The summed E-state index contributed by atoms with van der Waals surface area (Å²) in [6.07, 6.45) is 0. The topological polar surface area (TPSA) is 58.2 Å². The van der Waals surface area contributed by atoms with Crippen LogP contribution < -0.4 is 10.6 Å². The van der Waals surface area contributed by atoms with Crippen molar-refractivity contribution in [1.82, 2.24) is 5.32 Å². The van der Waals surface area contributed by atoms with Crippen LogP contribution in [-0.2, 0) is 4.79 Å². The van der Waals surface area contributed by atoms with Crippen LogP contribution in [0.5, 0.6) is 0 Å². The number of hydrogen-bond acceptors (Lipinski definition) is 3. The average molecular weight is 393 g/mol. The van der Waals surface area contributed by atoms with Crippen molar-refractivity contribution in [3.05, 3.63) is 58.1 Å². The van der Waals surface area contributed by atoms with Crippen molar-refractivity contribution >= 4 is 45.3 Å². The number of halogens is 1. The lowest BCUT2D eigenvalue weighted by molar-refractivity contribution is -0.117. The van der Waals surface area contributed by atoms with Gasteiger partial charge in [0, 0.05) is 15.1 Å². The highest BCUT2D eigenvalue weighted by molar-refractivity contribution is 9.10. The van der Waals surface area contributed by atoms with E-state index in [4.69, 9.17) is 0 Å². The second kappa shape index (κ2) is 8.17. The number of rotatable bonds is 4. The van der Waals surface area contributed by atoms with Crippen molar-refractivity contribution in [3.63, 3.8) is 0 Å². The first kappa shape index (κ1) is 17.6. The standard InChI is InChI=1S/C17H17BrN2O2S/c1-11-6-5-8-14(12(11)2)19-17(22)20-16(21)10-23-15-9-4-3-7-13(15)18/h3-9H,10H2,1-2H3,(H2,19,20,21,22). The Morgan fingerprint density at radius 1 is 1.09 bits per heavy atom. The average Bonchev–Trinajstić information content (AvgIpc) is 2.51. The molecule has 2 rings (SSSR count). The van der Waals surface area contributed by atoms with Gasteiger partial charge >= 0.3 is 6.03 Å². The molecule has 0 heterocycles. The molecule has 0 aromatic heterocycles. The van der Waals surface area contributed by atoms with Crippen LogP contribution in [0, 0.1) is 13.8 Å². The summed E-state index contributed by atoms with van der Waals surface area (Å²) in [5.41, 5.74) is 2.77. The van der Waals surface area contributed by atoms with E-state index < -0.39 is 6.03 Å². The van der Waals surface area contributed by atoms with Crippen LogP contribution in [0.25, 0.3) is 0 Å². The molecule has 120 valence electrons. The van der Waals surface area contributed by atoms with Gasteiger partial charge in [-0.2, -0.15) is 0 Å². The van der Waals surface area contributed by atoms with Crippen molar-refractivity contribution in [2.75, 3.05) is 11.1 Å². The molecule has 6 heteroatoms. The van der Waals surface area contributed by atoms with Gasteiger partial charge in [-0.05, 0) is 59.1 Å². The predicted molar refractivity (Wildman–Crippen MR) is 97.9 cm³/mol. The fourth-order valence-corrected chi connectivity index (χ4v) is 3.28. The van der Waals surface area contributed by atoms with Gasteiger partial charge in [0.15, 0.2) is 0 Å². The highest BCUT2D eigenvalue weighted by Gasteiger charge is 2.11. The summed E-state index contributed by atoms with van der Waals surface area (Å²) in [6.45, 7) is 3.90. The molecule has 0 saturated carbocycles. The maximum Gasteiger partial charge on any atom is 0.325 e. The number of carbonyl (C=O) groups excluding carboxylic acids is 2. The smallest absolute Gasteiger partial charge is 0.307 e. The Kier molecular flexibility index (Phi) is 6.24. The number of thioether (sulfide) groups is 1. The molecule has 0 saturated heterocycles. The van der Waals surface area contributed by atoms with Gasteiger partial charge in [-0.25, -0.2) is 4.79 Å². The Labute approximate surface area is 148 Å². The van der Waals surface area contributed by atoms with Crippen LogP contribution in [0.15, 0.2) is 51.8 Å². The third-order valence-corrected chi connectivity index (χ3v) is 5.33. The molecule has 0 atom stereocenters. The normalized spacial score (nSPS) is 10.2. The number of amides is 3. The van der Waals surface area contributed by atoms with E-state index in [2.05, 4.69) is 26.6 Å². The maximum atomic E-state index is 11.9. The summed E-state index contributed by atoms with van der Waals surface area (Å²) in [4.78, 5) is 24.7. The molecule has 2 N–H and O–H groups in total. The summed E-state index contributed by atoms with van der Waals surface area (Å²) >= 11 is 4.79. The lowest BCUT2D eigenvalue weighted by Crippen LogP contribution is -2.35. The van der Waals surface area contributed by atoms with Crippen molar-refractivity contribution < 1.29 is 9.59 Å². The summed E-state index contributed by atoms with van der Waals surface area (Å²) in [5, 5.41) is 5.04. The van der Waals surface area contributed by atoms with Crippen LogP contribution in [0.1, 0.15) is 11.1 Å². The van der Waals surface area contributed by atoms with Crippen molar-refractivity contribution in [2.24, 2.45) is 0 Å². The van der Waals surface area contributed by atoms with Crippen LogP contribution in [0.3, 0.4) is 0 Å². The van der Waals surface area contributed by atoms with E-state index >= 15 is 0 Å². The van der Waals surface area contributed by atoms with E-state index in [1.54, 1.807) is 0 Å². The molecule has 0 spiro atoms. The van der Waals surface area contributed by atoms with Gasteiger partial charge in [-0.3, -0.25) is 10.1 Å². The minimum absolute atomic E-state index is 0.169. The number of nitrogens with one attached hydrogen (secondary N) is 2. The summed E-state index contributed by atoms with van der Waals surface area (Å²) in [5.74, 6) is -0.170. The van der Waals surface area contributed by atoms with Crippen molar-refractivity contribution in [3.8, 4) is 0 Å². The largest absolute Gasteiger partial charge is 0.325 e. The zero-order valence-corrected chi connectivity index (χ0v) is 15.3. The van der Waals surface area contributed by atoms with E-state index in [0.29, 0.717) is 5.69 Å². The zero-order chi connectivity index (χ0) is 16.8. The van der Waals surface area contributed by atoms with Gasteiger partial charge in [0.25, 0.3) is 0 Å². The molecule has 0 bridgehead atoms. The van der Waals surface area contributed by atoms with E-state index in [1.165, 1.54) is 11.8 Å². The minimum Gasteiger partial charge on any atom is -0.307 e. The van der Waals surface area contributed by atoms with E-state index in [0.717, 1.165) is 20.5 Å². The van der Waals surface area contributed by atoms with Crippen molar-refractivity contribution in [2.45, 2.75) is 18.7 Å². The molecule has 0 aliphatic heterocycles. The van der Waals surface area contributed by atoms with Crippen molar-refractivity contribution in [1.29, 1.82) is 0 Å². The number of hydrogen-bond donors (Lipinski definition) is 2. The second-order valence-corrected chi connectivity index (χ2v) is 6.84. The number of anilines is 1. The van der Waals surface area contributed by atoms with Gasteiger partial charge < -0.3 is 5.32 Å². The molecule has 23 heavy (non-hydrogen) atoms. The number of urea groups is 1. The molecule has 3 amide bonds. The highest BCUT2D eigenvalue weighted by Crippen LogP contribution is 2.26. The molecule has 4 nitrogen and oxygen atoms in total. The minimum atomic E-state index is -0.517. The Balaban J connectivity index is 1.86. The first-order valence-corrected chi connectivity index (χ1v) is 8.79. The van der Waals surface area contributed by atoms with Crippen LogP contribution in [0.4, 0.5) is 10.5 Å². The molecule has 0 radical (unpaired) electrons. The van der Waals surface area contributed by atoms with Gasteiger partial charge in [-0.15, -0.1) is 11.8 Å². The Morgan fingerprint density at radius 3 is 2.57 bits per heavy atom. The summed E-state index contributed by atoms with van der Waals surface area (Å²) in [6, 6.07) is 12.8. The van der Waals surface area contributed by atoms with E-state index in [9.17, 15) is 9.59 Å². The van der Waals surface area contributed by atoms with E-state index in [-0.39, 0.29) is 11.7 Å². The molecule has 2 aromatic carbocycles. The monoisotopic (exact) mass is 392 g/mol. The molecule has 0 aliphatic rings. The predicted octanol–water partition coefficient (Wildman–Crippen LogP) is 4.51. The van der Waals surface area contributed by atoms with Gasteiger partial charge in [0.2, 0.25) is 5.91 Å². The fourth-order valence-electron chi connectivity index (χ4n) is 1.91. The lowest BCUT2D eigenvalue weighted by atomic mass is 10.1. The molecular weight excluding hydrogens is 376 g/mol. The lowest BCUT2D eigenvalue weighted by Gasteiger charge is -2.11. The first-order valence-electron chi connectivity index (χ1n) is 7.01. The third kappa shape index (κ3) is 5.11. The maximum absolute atomic E-state index is 11.9. The molecule has 2 aromatic rings. The Hall–Kier alpha value is -1.79. The Bertz CT molecular complexity index is 734. The first-order chi connectivity index (χ1) is 11.0. The highest BCUT2D eigenvalue weighted by atomic mass is 79.9. The Morgan fingerprint density at radius 2 is 1.83 bits per heavy atom. The molecule has 0 unspecified atom stereocenters. The quantitative estimate of drug-likeness (QED) is 0.752. The van der Waals surface area contributed by atoms with Crippen LogP contribution >= 0.6 is 27.7 Å². The van der Waals surface area contributed by atoms with Crippen LogP contribution in [-0.4, -0.2) is 17.7 Å². The molecular formula is C17H17BrN2O2S. The van der Waals surface area contributed by atoms with Crippen LogP contribution in [0.2, 0.25) is 0 Å². The number of carbonyl (C=O) groups is 2. The van der Waals surface area contributed by atoms with Gasteiger partial charge in [0.05, 0.1) is 5.75 Å². The zero-order valence-electron chi connectivity index (χ0n) is 12.9. The van der Waals surface area contributed by atoms with Gasteiger partial charge in [-0.1, -0.05) is 24.3 Å². The number of aryl methyl sites for hydroxylation is 1. The molecule has 0 aliphatic carbocycles. The summed E-state index contributed by atoms with van der Waals surface area (Å²) < 4.78 is 0.928. The SMILES string of the molecule is Cc1cccc(NC(=O)NC(=O)CSc2ccccc2Br)c1C. The number of benzene rings is 2.